The van der Waals surface area contributed by atoms with Gasteiger partial charge in [0.15, 0.2) is 0 Å². The molecule has 1 saturated carbocycles. The molecular formula is C5H10FNO. The van der Waals surface area contributed by atoms with Crippen LogP contribution in [-0.4, -0.2) is 23.9 Å². The molecule has 0 heterocycles. The zero-order valence-electron chi connectivity index (χ0n) is 4.55. The van der Waals surface area contributed by atoms with Gasteiger partial charge in [0.2, 0.25) is 0 Å². The Bertz CT molecular complexity index is 86.5. The van der Waals surface area contributed by atoms with Crippen LogP contribution in [0, 0.1) is 5.92 Å². The lowest BCUT2D eigenvalue weighted by Gasteiger charge is -2.02. The van der Waals surface area contributed by atoms with Gasteiger partial charge >= 0.3 is 0 Å². The summed E-state index contributed by atoms with van der Waals surface area (Å²) in [5.74, 6) is -0.0556. The van der Waals surface area contributed by atoms with Gasteiger partial charge in [0.25, 0.3) is 0 Å². The minimum absolute atomic E-state index is 0.0556. The van der Waals surface area contributed by atoms with Gasteiger partial charge in [-0.25, -0.2) is 4.39 Å². The number of alkyl halides is 1. The van der Waals surface area contributed by atoms with Crippen molar-refractivity contribution in [3.05, 3.63) is 0 Å². The van der Waals surface area contributed by atoms with E-state index in [1.165, 1.54) is 0 Å². The fourth-order valence-electron chi connectivity index (χ4n) is 0.760. The van der Waals surface area contributed by atoms with Crippen molar-refractivity contribution in [1.29, 1.82) is 0 Å². The van der Waals surface area contributed by atoms with Crippen LogP contribution in [0.4, 0.5) is 4.39 Å². The van der Waals surface area contributed by atoms with E-state index in [1.807, 2.05) is 0 Å². The lowest BCUT2D eigenvalue weighted by Crippen LogP contribution is -2.27. The van der Waals surface area contributed by atoms with Crippen molar-refractivity contribution in [2.75, 3.05) is 6.61 Å². The topological polar surface area (TPSA) is 46.2 Å². The summed E-state index contributed by atoms with van der Waals surface area (Å²) >= 11 is 0. The van der Waals surface area contributed by atoms with E-state index in [4.69, 9.17) is 10.8 Å². The number of aliphatic hydroxyl groups excluding tert-OH is 1. The van der Waals surface area contributed by atoms with Gasteiger partial charge in [-0.15, -0.1) is 0 Å². The molecule has 0 aromatic heterocycles. The van der Waals surface area contributed by atoms with Crippen LogP contribution in [0.25, 0.3) is 0 Å². The van der Waals surface area contributed by atoms with Gasteiger partial charge in [-0.05, 0) is 6.42 Å². The molecule has 3 N–H and O–H groups in total. The Morgan fingerprint density at radius 2 is 2.38 bits per heavy atom. The number of halogens is 1. The van der Waals surface area contributed by atoms with Crippen LogP contribution in [0.15, 0.2) is 0 Å². The van der Waals surface area contributed by atoms with Crippen molar-refractivity contribution < 1.29 is 9.50 Å². The lowest BCUT2D eigenvalue weighted by atomic mass is 10.2. The SMILES string of the molecule is NC(CO)C1CC1F. The highest BCUT2D eigenvalue weighted by Gasteiger charge is 2.41. The van der Waals surface area contributed by atoms with E-state index in [1.54, 1.807) is 0 Å². The van der Waals surface area contributed by atoms with Crippen molar-refractivity contribution in [2.45, 2.75) is 18.6 Å². The van der Waals surface area contributed by atoms with Gasteiger partial charge in [-0.1, -0.05) is 0 Å². The molecule has 0 aromatic carbocycles. The maximum Gasteiger partial charge on any atom is 0.105 e. The number of hydrogen-bond donors (Lipinski definition) is 2. The molecule has 0 saturated heterocycles. The Balaban J connectivity index is 2.18. The second-order valence-electron chi connectivity index (χ2n) is 2.26. The molecule has 3 atom stereocenters. The van der Waals surface area contributed by atoms with Gasteiger partial charge < -0.3 is 10.8 Å². The van der Waals surface area contributed by atoms with Gasteiger partial charge in [-0.3, -0.25) is 0 Å². The van der Waals surface area contributed by atoms with E-state index < -0.39 is 6.17 Å². The molecule has 1 rings (SSSR count). The van der Waals surface area contributed by atoms with Crippen LogP contribution in [0.5, 0.6) is 0 Å². The minimum Gasteiger partial charge on any atom is -0.395 e. The quantitative estimate of drug-likeness (QED) is 0.522. The summed E-state index contributed by atoms with van der Waals surface area (Å²) in [6.07, 6.45) is -0.195. The van der Waals surface area contributed by atoms with Crippen molar-refractivity contribution in [3.63, 3.8) is 0 Å². The monoisotopic (exact) mass is 119 g/mol. The molecule has 3 heteroatoms. The van der Waals surface area contributed by atoms with Crippen molar-refractivity contribution in [2.24, 2.45) is 11.7 Å². The van der Waals surface area contributed by atoms with Crippen LogP contribution in [0.2, 0.25) is 0 Å². The van der Waals surface area contributed by atoms with Crippen LogP contribution < -0.4 is 5.73 Å². The molecule has 0 aliphatic heterocycles. The molecule has 0 aromatic rings. The van der Waals surface area contributed by atoms with Crippen molar-refractivity contribution in [1.82, 2.24) is 0 Å². The second kappa shape index (κ2) is 1.99. The molecule has 1 fully saturated rings. The first kappa shape index (κ1) is 5.98. The summed E-state index contributed by atoms with van der Waals surface area (Å²) in [4.78, 5) is 0. The Morgan fingerprint density at radius 3 is 2.50 bits per heavy atom. The van der Waals surface area contributed by atoms with Crippen LogP contribution in [0.1, 0.15) is 6.42 Å². The Kier molecular flexibility index (Phi) is 1.49. The first-order valence-electron chi connectivity index (χ1n) is 2.76. The first-order valence-corrected chi connectivity index (χ1v) is 2.76. The molecule has 0 spiro atoms. The van der Waals surface area contributed by atoms with Crippen LogP contribution >= 0.6 is 0 Å². The summed E-state index contributed by atoms with van der Waals surface area (Å²) in [7, 11) is 0. The Labute approximate surface area is 47.5 Å². The molecule has 3 unspecified atom stereocenters. The van der Waals surface area contributed by atoms with E-state index in [2.05, 4.69) is 0 Å². The third kappa shape index (κ3) is 0.980. The van der Waals surface area contributed by atoms with Gasteiger partial charge in [0.05, 0.1) is 6.61 Å². The average molecular weight is 119 g/mol. The molecule has 2 nitrogen and oxygen atoms in total. The summed E-state index contributed by atoms with van der Waals surface area (Å²) < 4.78 is 12.0. The largest absolute Gasteiger partial charge is 0.395 e. The van der Waals surface area contributed by atoms with Gasteiger partial charge in [0.1, 0.15) is 6.17 Å². The number of rotatable bonds is 2. The molecule has 0 amide bonds. The molecule has 0 bridgehead atoms. The van der Waals surface area contributed by atoms with E-state index in [0.29, 0.717) is 6.42 Å². The van der Waals surface area contributed by atoms with E-state index in [-0.39, 0.29) is 18.6 Å². The minimum atomic E-state index is -0.739. The van der Waals surface area contributed by atoms with Crippen molar-refractivity contribution >= 4 is 0 Å². The first-order chi connectivity index (χ1) is 3.75. The highest BCUT2D eigenvalue weighted by atomic mass is 19.1. The highest BCUT2D eigenvalue weighted by Crippen LogP contribution is 2.35. The normalized spacial score (nSPS) is 39.4. The fraction of sp³-hybridized carbons (Fsp3) is 1.00. The lowest BCUT2D eigenvalue weighted by molar-refractivity contribution is 0.244. The third-order valence-corrected chi connectivity index (χ3v) is 1.52. The fourth-order valence-corrected chi connectivity index (χ4v) is 0.760. The summed E-state index contributed by atoms with van der Waals surface area (Å²) in [5.41, 5.74) is 5.28. The zero-order valence-corrected chi connectivity index (χ0v) is 4.55. The molecular weight excluding hydrogens is 109 g/mol. The van der Waals surface area contributed by atoms with Crippen LogP contribution in [0.3, 0.4) is 0 Å². The predicted molar refractivity (Wildman–Crippen MR) is 28.1 cm³/mol. The second-order valence-corrected chi connectivity index (χ2v) is 2.26. The average Bonchev–Trinajstić information content (AvgIpc) is 2.45. The maximum absolute atomic E-state index is 12.0. The molecule has 1 aliphatic rings. The smallest absolute Gasteiger partial charge is 0.105 e. The highest BCUT2D eigenvalue weighted by molar-refractivity contribution is 4.93. The summed E-state index contributed by atoms with van der Waals surface area (Å²) in [5, 5.41) is 8.37. The predicted octanol–water partition coefficient (Wildman–Crippen LogP) is -0.336. The summed E-state index contributed by atoms with van der Waals surface area (Å²) in [6.45, 7) is -0.0922. The van der Waals surface area contributed by atoms with Gasteiger partial charge in [-0.2, -0.15) is 0 Å². The third-order valence-electron chi connectivity index (χ3n) is 1.52. The molecule has 0 radical (unpaired) electrons. The van der Waals surface area contributed by atoms with Crippen LogP contribution in [-0.2, 0) is 0 Å². The number of aliphatic hydroxyl groups is 1. The zero-order chi connectivity index (χ0) is 6.15. The molecule has 1 aliphatic carbocycles. The standard InChI is InChI=1S/C5H10FNO/c6-4-1-3(4)5(7)2-8/h3-5,8H,1-2,7H2. The maximum atomic E-state index is 12.0. The number of nitrogens with two attached hydrogens (primary N) is 1. The van der Waals surface area contributed by atoms with E-state index >= 15 is 0 Å². The van der Waals surface area contributed by atoms with E-state index in [0.717, 1.165) is 0 Å². The number of hydrogen-bond acceptors (Lipinski definition) is 2. The van der Waals surface area contributed by atoms with Gasteiger partial charge in [0, 0.05) is 12.0 Å². The Morgan fingerprint density at radius 1 is 1.88 bits per heavy atom. The van der Waals surface area contributed by atoms with Crippen molar-refractivity contribution in [3.8, 4) is 0 Å². The Hall–Kier alpha value is -0.150. The summed E-state index contributed by atoms with van der Waals surface area (Å²) in [6, 6.07) is -0.329. The molecule has 48 valence electrons. The molecule has 8 heavy (non-hydrogen) atoms. The van der Waals surface area contributed by atoms with E-state index in [9.17, 15) is 4.39 Å².